The van der Waals surface area contributed by atoms with E-state index < -0.39 is 0 Å². The average Bonchev–Trinajstić information content (AvgIpc) is 2.65. The summed E-state index contributed by atoms with van der Waals surface area (Å²) in [5, 5.41) is 0. The molecule has 5 nitrogen and oxygen atoms in total. The summed E-state index contributed by atoms with van der Waals surface area (Å²) in [4.78, 5) is 26.0. The Morgan fingerprint density at radius 3 is 2.54 bits per heavy atom. The standard InChI is InChI=1S/C21H31NO4/c1-2-26-21(24)11-6-4-3-5-10-20(23)19-9-7-8-18(16-19)17-22-12-14-25-15-13-22/h7-9,16H,2-6,10-15,17H2,1H3. The monoisotopic (exact) mass is 361 g/mol. The molecule has 5 heteroatoms. The molecule has 0 aromatic heterocycles. The summed E-state index contributed by atoms with van der Waals surface area (Å²) >= 11 is 0. The van der Waals surface area contributed by atoms with E-state index in [0.717, 1.165) is 64.1 Å². The first-order valence-electron chi connectivity index (χ1n) is 9.77. The molecule has 26 heavy (non-hydrogen) atoms. The Kier molecular flexibility index (Phi) is 9.35. The molecule has 0 aliphatic carbocycles. The highest BCUT2D eigenvalue weighted by Crippen LogP contribution is 2.14. The number of hydrogen-bond acceptors (Lipinski definition) is 5. The maximum Gasteiger partial charge on any atom is 0.305 e. The van der Waals surface area contributed by atoms with Crippen LogP contribution < -0.4 is 0 Å². The fourth-order valence-corrected chi connectivity index (χ4v) is 3.15. The first kappa shape index (κ1) is 20.6. The molecule has 1 fully saturated rings. The Labute approximate surface area is 156 Å². The van der Waals surface area contributed by atoms with Crippen LogP contribution in [-0.4, -0.2) is 49.6 Å². The molecule has 2 rings (SSSR count). The highest BCUT2D eigenvalue weighted by Gasteiger charge is 2.12. The first-order valence-corrected chi connectivity index (χ1v) is 9.77. The van der Waals surface area contributed by atoms with Crippen molar-refractivity contribution in [2.24, 2.45) is 0 Å². The van der Waals surface area contributed by atoms with Crippen molar-refractivity contribution in [3.8, 4) is 0 Å². The van der Waals surface area contributed by atoms with E-state index in [0.29, 0.717) is 19.4 Å². The maximum atomic E-state index is 12.4. The third-order valence-corrected chi connectivity index (χ3v) is 4.60. The molecular formula is C21H31NO4. The molecule has 1 aromatic carbocycles. The van der Waals surface area contributed by atoms with Gasteiger partial charge in [-0.15, -0.1) is 0 Å². The normalized spacial score (nSPS) is 15.0. The molecule has 0 saturated carbocycles. The zero-order valence-electron chi connectivity index (χ0n) is 15.9. The number of carbonyl (C=O) groups is 2. The van der Waals surface area contributed by atoms with Crippen LogP contribution in [-0.2, 0) is 20.8 Å². The molecule has 0 atom stereocenters. The summed E-state index contributed by atoms with van der Waals surface area (Å²) in [6.45, 7) is 6.60. The second-order valence-corrected chi connectivity index (χ2v) is 6.73. The van der Waals surface area contributed by atoms with Crippen LogP contribution in [0.5, 0.6) is 0 Å². The first-order chi connectivity index (χ1) is 12.7. The predicted molar refractivity (Wildman–Crippen MR) is 101 cm³/mol. The van der Waals surface area contributed by atoms with Gasteiger partial charge in [-0.2, -0.15) is 0 Å². The van der Waals surface area contributed by atoms with Crippen LogP contribution in [0.1, 0.15) is 61.4 Å². The van der Waals surface area contributed by atoms with E-state index >= 15 is 0 Å². The molecule has 0 unspecified atom stereocenters. The highest BCUT2D eigenvalue weighted by molar-refractivity contribution is 5.96. The van der Waals surface area contributed by atoms with E-state index in [1.165, 1.54) is 5.56 Å². The minimum atomic E-state index is -0.124. The van der Waals surface area contributed by atoms with E-state index in [-0.39, 0.29) is 11.8 Å². The largest absolute Gasteiger partial charge is 0.466 e. The fraction of sp³-hybridized carbons (Fsp3) is 0.619. The van der Waals surface area contributed by atoms with Crippen molar-refractivity contribution in [2.45, 2.75) is 52.0 Å². The SMILES string of the molecule is CCOC(=O)CCCCCCC(=O)c1cccc(CN2CCOCC2)c1. The van der Waals surface area contributed by atoms with Gasteiger partial charge in [0.15, 0.2) is 5.78 Å². The lowest BCUT2D eigenvalue weighted by Crippen LogP contribution is -2.35. The third-order valence-electron chi connectivity index (χ3n) is 4.60. The van der Waals surface area contributed by atoms with Crippen LogP contribution in [0.2, 0.25) is 0 Å². The molecule has 144 valence electrons. The summed E-state index contributed by atoms with van der Waals surface area (Å²) in [6, 6.07) is 7.99. The second kappa shape index (κ2) is 11.8. The number of benzene rings is 1. The van der Waals surface area contributed by atoms with E-state index in [9.17, 15) is 9.59 Å². The lowest BCUT2D eigenvalue weighted by molar-refractivity contribution is -0.143. The van der Waals surface area contributed by atoms with Gasteiger partial charge in [-0.25, -0.2) is 0 Å². The second-order valence-electron chi connectivity index (χ2n) is 6.73. The number of ketones is 1. The molecule has 1 saturated heterocycles. The molecular weight excluding hydrogens is 330 g/mol. The minimum absolute atomic E-state index is 0.124. The summed E-state index contributed by atoms with van der Waals surface area (Å²) in [5.41, 5.74) is 1.99. The molecule has 1 aliphatic heterocycles. The van der Waals surface area contributed by atoms with Gasteiger partial charge in [0.25, 0.3) is 0 Å². The van der Waals surface area contributed by atoms with Gasteiger partial charge in [-0.05, 0) is 31.4 Å². The number of carbonyl (C=O) groups excluding carboxylic acids is 2. The van der Waals surface area contributed by atoms with E-state index in [1.807, 2.05) is 25.1 Å². The summed E-state index contributed by atoms with van der Waals surface area (Å²) < 4.78 is 10.3. The summed E-state index contributed by atoms with van der Waals surface area (Å²) in [5.74, 6) is 0.0832. The molecule has 1 aliphatic rings. The summed E-state index contributed by atoms with van der Waals surface area (Å²) in [6.07, 6.45) is 4.69. The van der Waals surface area contributed by atoms with Crippen LogP contribution in [0.3, 0.4) is 0 Å². The van der Waals surface area contributed by atoms with Crippen molar-refractivity contribution in [2.75, 3.05) is 32.9 Å². The van der Waals surface area contributed by atoms with Crippen LogP contribution in [0, 0.1) is 0 Å². The van der Waals surface area contributed by atoms with Crippen molar-refractivity contribution >= 4 is 11.8 Å². The minimum Gasteiger partial charge on any atom is -0.466 e. The molecule has 0 amide bonds. The Morgan fingerprint density at radius 2 is 1.81 bits per heavy atom. The van der Waals surface area contributed by atoms with Gasteiger partial charge in [0.1, 0.15) is 0 Å². The molecule has 0 N–H and O–H groups in total. The zero-order chi connectivity index (χ0) is 18.6. The lowest BCUT2D eigenvalue weighted by Gasteiger charge is -2.26. The van der Waals surface area contributed by atoms with Crippen molar-refractivity contribution in [3.05, 3.63) is 35.4 Å². The van der Waals surface area contributed by atoms with Crippen LogP contribution >= 0.6 is 0 Å². The van der Waals surface area contributed by atoms with Crippen LogP contribution in [0.15, 0.2) is 24.3 Å². The third kappa shape index (κ3) is 7.67. The van der Waals surface area contributed by atoms with Gasteiger partial charge in [-0.1, -0.05) is 31.0 Å². The lowest BCUT2D eigenvalue weighted by atomic mass is 10.0. The van der Waals surface area contributed by atoms with Crippen molar-refractivity contribution in [1.29, 1.82) is 0 Å². The predicted octanol–water partition coefficient (Wildman–Crippen LogP) is 3.61. The molecule has 0 spiro atoms. The topological polar surface area (TPSA) is 55.8 Å². The molecule has 0 radical (unpaired) electrons. The number of ether oxygens (including phenoxy) is 2. The number of unbranched alkanes of at least 4 members (excludes halogenated alkanes) is 3. The zero-order valence-corrected chi connectivity index (χ0v) is 15.9. The number of esters is 1. The quantitative estimate of drug-likeness (QED) is 0.342. The van der Waals surface area contributed by atoms with Gasteiger partial charge in [0.2, 0.25) is 0 Å². The average molecular weight is 361 g/mol. The highest BCUT2D eigenvalue weighted by atomic mass is 16.5. The Morgan fingerprint density at radius 1 is 1.08 bits per heavy atom. The van der Waals surface area contributed by atoms with Crippen molar-refractivity contribution in [1.82, 2.24) is 4.90 Å². The van der Waals surface area contributed by atoms with Crippen LogP contribution in [0.4, 0.5) is 0 Å². The van der Waals surface area contributed by atoms with Gasteiger partial charge in [-0.3, -0.25) is 14.5 Å². The van der Waals surface area contributed by atoms with Gasteiger partial charge in [0.05, 0.1) is 19.8 Å². The Bertz CT molecular complexity index is 567. The number of rotatable bonds is 11. The Hall–Kier alpha value is -1.72. The van der Waals surface area contributed by atoms with Gasteiger partial charge in [0, 0.05) is 38.0 Å². The molecule has 1 heterocycles. The number of hydrogen-bond donors (Lipinski definition) is 0. The number of morpholine rings is 1. The fourth-order valence-electron chi connectivity index (χ4n) is 3.15. The molecule has 0 bridgehead atoms. The maximum absolute atomic E-state index is 12.4. The smallest absolute Gasteiger partial charge is 0.305 e. The molecule has 1 aromatic rings. The number of nitrogens with zero attached hydrogens (tertiary/aromatic N) is 1. The Balaban J connectivity index is 1.67. The van der Waals surface area contributed by atoms with Crippen LogP contribution in [0.25, 0.3) is 0 Å². The number of Topliss-reactive ketones (excluding diaryl/α,β-unsaturated/α-hetero) is 1. The summed E-state index contributed by atoms with van der Waals surface area (Å²) in [7, 11) is 0. The van der Waals surface area contributed by atoms with E-state index in [2.05, 4.69) is 11.0 Å². The van der Waals surface area contributed by atoms with Crippen molar-refractivity contribution < 1.29 is 19.1 Å². The van der Waals surface area contributed by atoms with Gasteiger partial charge < -0.3 is 9.47 Å². The van der Waals surface area contributed by atoms with Gasteiger partial charge >= 0.3 is 5.97 Å². The van der Waals surface area contributed by atoms with E-state index in [4.69, 9.17) is 9.47 Å². The van der Waals surface area contributed by atoms with Crippen molar-refractivity contribution in [3.63, 3.8) is 0 Å². The van der Waals surface area contributed by atoms with E-state index in [1.54, 1.807) is 0 Å².